The monoisotopic (exact) mass is 674 g/mol. The molecule has 13 nitrogen and oxygen atoms in total. The number of pyridine rings is 1. The van der Waals surface area contributed by atoms with Crippen molar-refractivity contribution in [2.24, 2.45) is 5.92 Å². The van der Waals surface area contributed by atoms with Crippen LogP contribution in [0, 0.1) is 5.92 Å². The van der Waals surface area contributed by atoms with Gasteiger partial charge in [0.1, 0.15) is 17.7 Å². The number of nitrogens with zero attached hydrogens (tertiary/aromatic N) is 3. The highest BCUT2D eigenvalue weighted by molar-refractivity contribution is 5.99. The zero-order valence-corrected chi connectivity index (χ0v) is 28.4. The second-order valence-electron chi connectivity index (χ2n) is 13.3. The molecule has 4 heterocycles. The maximum atomic E-state index is 14.0. The molecule has 3 aromatic rings. The number of aromatic nitrogens is 2. The van der Waals surface area contributed by atoms with E-state index in [-0.39, 0.29) is 30.2 Å². The fraction of sp³-hybridized carbons (Fsp3) is 0.500. The molecule has 2 saturated heterocycles. The summed E-state index contributed by atoms with van der Waals surface area (Å²) < 4.78 is 16.2. The summed E-state index contributed by atoms with van der Waals surface area (Å²) in [7, 11) is 0. The van der Waals surface area contributed by atoms with Gasteiger partial charge in [-0.15, -0.1) is 0 Å². The molecule has 2 aliphatic rings. The lowest BCUT2D eigenvalue weighted by Crippen LogP contribution is -2.57. The number of nitrogens with one attached hydrogen (secondary N) is 3. The average Bonchev–Trinajstić information content (AvgIpc) is 3.68. The van der Waals surface area contributed by atoms with E-state index in [1.54, 1.807) is 37.5 Å². The molecular weight excluding hydrogens is 628 g/mol. The van der Waals surface area contributed by atoms with Crippen molar-refractivity contribution in [3.8, 4) is 0 Å². The Morgan fingerprint density at radius 3 is 2.24 bits per heavy atom. The number of morpholine rings is 1. The molecule has 2 fully saturated rings. The highest BCUT2D eigenvalue weighted by atomic mass is 16.6. The van der Waals surface area contributed by atoms with Crippen molar-refractivity contribution in [2.45, 2.75) is 76.7 Å². The van der Waals surface area contributed by atoms with Crippen LogP contribution < -0.4 is 16.0 Å². The molecule has 1 aromatic carbocycles. The van der Waals surface area contributed by atoms with Crippen LogP contribution in [0.15, 0.2) is 65.4 Å². The molecule has 13 heteroatoms. The van der Waals surface area contributed by atoms with Crippen molar-refractivity contribution >= 4 is 23.5 Å². The lowest BCUT2D eigenvalue weighted by molar-refractivity contribution is -0.133. The molecule has 4 atom stereocenters. The topological polar surface area (TPSA) is 168 Å². The highest BCUT2D eigenvalue weighted by Crippen LogP contribution is 2.29. The molecule has 3 amide bonds. The highest BCUT2D eigenvalue weighted by Gasteiger charge is 2.50. The van der Waals surface area contributed by atoms with Gasteiger partial charge in [0.15, 0.2) is 17.2 Å². The van der Waals surface area contributed by atoms with Gasteiger partial charge in [-0.1, -0.05) is 49.3 Å². The molecule has 2 aromatic heterocycles. The van der Waals surface area contributed by atoms with Crippen LogP contribution in [-0.2, 0) is 43.2 Å². The van der Waals surface area contributed by atoms with Crippen LogP contribution in [0.2, 0.25) is 0 Å². The Labute approximate surface area is 286 Å². The predicted molar refractivity (Wildman–Crippen MR) is 179 cm³/mol. The van der Waals surface area contributed by atoms with Crippen molar-refractivity contribution in [1.82, 2.24) is 31.0 Å². The lowest BCUT2D eigenvalue weighted by atomic mass is 9.93. The van der Waals surface area contributed by atoms with Gasteiger partial charge >= 0.3 is 0 Å². The summed E-state index contributed by atoms with van der Waals surface area (Å²) in [5.41, 5.74) is 0.880. The smallest absolute Gasteiger partial charge is 0.274 e. The molecule has 5 rings (SSSR count). The quantitative estimate of drug-likeness (QED) is 0.181. The Kier molecular flexibility index (Phi) is 12.3. The van der Waals surface area contributed by atoms with Gasteiger partial charge in [0.25, 0.3) is 5.91 Å². The zero-order valence-electron chi connectivity index (χ0n) is 28.4. The van der Waals surface area contributed by atoms with Crippen LogP contribution in [0.4, 0.5) is 0 Å². The van der Waals surface area contributed by atoms with E-state index in [4.69, 9.17) is 14.0 Å². The fourth-order valence-corrected chi connectivity index (χ4v) is 5.76. The number of carbonyl (C=O) groups excluding carboxylic acids is 4. The summed E-state index contributed by atoms with van der Waals surface area (Å²) in [5, 5.41) is 12.6. The van der Waals surface area contributed by atoms with Crippen LogP contribution in [0.1, 0.15) is 61.0 Å². The van der Waals surface area contributed by atoms with Gasteiger partial charge in [0.05, 0.1) is 32.4 Å². The van der Waals surface area contributed by atoms with Gasteiger partial charge in [-0.25, -0.2) is 0 Å². The Hall–Kier alpha value is -4.46. The third kappa shape index (κ3) is 10.5. The Morgan fingerprint density at radius 1 is 0.898 bits per heavy atom. The third-order valence-electron chi connectivity index (χ3n) is 8.72. The Bertz CT molecular complexity index is 1550. The lowest BCUT2D eigenvalue weighted by Gasteiger charge is -2.26. The second-order valence-corrected chi connectivity index (χ2v) is 13.3. The standard InChI is InChI=1S/C36H46N6O7/c1-24(2)19-29(32(43)36(3)23-48-36)39-34(45)30(20-26-11-13-37-14-12-26)40-33(44)28(10-9-25-7-5-4-6-8-25)38-35(46)31-21-27(49-41-31)22-42-15-17-47-18-16-42/h4-8,11-14,21,24,28-30H,9-10,15-20,22-23H2,1-3H3,(H,38,46)(H,39,45)(H,40,44). The van der Waals surface area contributed by atoms with Crippen LogP contribution in [0.3, 0.4) is 0 Å². The summed E-state index contributed by atoms with van der Waals surface area (Å²) in [6, 6.07) is 11.9. The summed E-state index contributed by atoms with van der Waals surface area (Å²) in [6.07, 6.45) is 4.52. The number of ketones is 1. The molecule has 0 aliphatic carbocycles. The summed E-state index contributed by atoms with van der Waals surface area (Å²) in [6.45, 7) is 9.19. The van der Waals surface area contributed by atoms with E-state index in [0.717, 1.165) is 24.2 Å². The average molecular weight is 675 g/mol. The number of hydrogen-bond donors (Lipinski definition) is 3. The Balaban J connectivity index is 1.32. The number of benzene rings is 1. The first-order valence-corrected chi connectivity index (χ1v) is 16.9. The SMILES string of the molecule is CC(C)CC(NC(=O)C(Cc1ccncc1)NC(=O)C(CCc1ccccc1)NC(=O)c1cc(CN2CCOCC2)on1)C(=O)C1(C)CO1. The Morgan fingerprint density at radius 2 is 1.57 bits per heavy atom. The molecule has 0 bridgehead atoms. The predicted octanol–water partition coefficient (Wildman–Crippen LogP) is 2.25. The van der Waals surface area contributed by atoms with Crippen LogP contribution in [-0.4, -0.2) is 95.2 Å². The molecule has 3 N–H and O–H groups in total. The minimum Gasteiger partial charge on any atom is -0.379 e. The maximum absolute atomic E-state index is 14.0. The summed E-state index contributed by atoms with van der Waals surface area (Å²) >= 11 is 0. The first kappa shape index (κ1) is 35.8. The second kappa shape index (κ2) is 16.8. The van der Waals surface area contributed by atoms with Crippen molar-refractivity contribution < 1.29 is 33.2 Å². The zero-order chi connectivity index (χ0) is 34.8. The van der Waals surface area contributed by atoms with Crippen LogP contribution in [0.25, 0.3) is 0 Å². The van der Waals surface area contributed by atoms with Gasteiger partial charge in [-0.2, -0.15) is 0 Å². The van der Waals surface area contributed by atoms with Crippen molar-refractivity contribution in [2.75, 3.05) is 32.9 Å². The van der Waals surface area contributed by atoms with Crippen LogP contribution >= 0.6 is 0 Å². The number of ether oxygens (including phenoxy) is 2. The van der Waals surface area contributed by atoms with E-state index < -0.39 is 41.4 Å². The van der Waals surface area contributed by atoms with E-state index in [0.29, 0.717) is 45.0 Å². The van der Waals surface area contributed by atoms with E-state index in [1.807, 2.05) is 44.2 Å². The molecule has 4 unspecified atom stereocenters. The number of Topliss-reactive ketones (excluding diaryl/α,β-unsaturated/α-hetero) is 1. The summed E-state index contributed by atoms with van der Waals surface area (Å²) in [4.78, 5) is 60.8. The number of hydrogen-bond acceptors (Lipinski definition) is 10. The van der Waals surface area contributed by atoms with E-state index in [2.05, 4.69) is 31.0 Å². The molecule has 0 saturated carbocycles. The van der Waals surface area contributed by atoms with Crippen molar-refractivity contribution in [1.29, 1.82) is 0 Å². The molecular formula is C36H46N6O7. The van der Waals surface area contributed by atoms with Crippen molar-refractivity contribution in [3.63, 3.8) is 0 Å². The number of carbonyl (C=O) groups is 4. The number of amides is 3. The van der Waals surface area contributed by atoms with Gasteiger partial charge < -0.3 is 29.9 Å². The minimum absolute atomic E-state index is 0.0534. The fourth-order valence-electron chi connectivity index (χ4n) is 5.76. The maximum Gasteiger partial charge on any atom is 0.274 e. The molecule has 49 heavy (non-hydrogen) atoms. The number of rotatable bonds is 17. The van der Waals surface area contributed by atoms with Gasteiger partial charge in [-0.3, -0.25) is 29.1 Å². The van der Waals surface area contributed by atoms with E-state index in [1.165, 1.54) is 0 Å². The van der Waals surface area contributed by atoms with E-state index >= 15 is 0 Å². The number of aryl methyl sites for hydroxylation is 1. The molecule has 2 aliphatic heterocycles. The molecule has 0 radical (unpaired) electrons. The van der Waals surface area contributed by atoms with Gasteiger partial charge in [-0.05, 0) is 55.4 Å². The van der Waals surface area contributed by atoms with Crippen LogP contribution in [0.5, 0.6) is 0 Å². The molecule has 262 valence electrons. The summed E-state index contributed by atoms with van der Waals surface area (Å²) in [5.74, 6) is -1.17. The number of epoxide rings is 1. The van der Waals surface area contributed by atoms with Gasteiger partial charge in [0, 0.05) is 38.0 Å². The third-order valence-corrected chi connectivity index (χ3v) is 8.72. The van der Waals surface area contributed by atoms with Gasteiger partial charge in [0.2, 0.25) is 11.8 Å². The van der Waals surface area contributed by atoms with Crippen molar-refractivity contribution in [3.05, 3.63) is 83.5 Å². The first-order chi connectivity index (χ1) is 23.6. The minimum atomic E-state index is -1.05. The largest absolute Gasteiger partial charge is 0.379 e. The normalized spacial score (nSPS) is 19.4. The first-order valence-electron chi connectivity index (χ1n) is 16.9. The van der Waals surface area contributed by atoms with E-state index in [9.17, 15) is 19.2 Å². The molecule has 0 spiro atoms.